The fraction of sp³-hybridized carbons (Fsp3) is 0.333. The highest BCUT2D eigenvalue weighted by Gasteiger charge is 2.22. The first-order chi connectivity index (χ1) is 11.5. The number of rotatable bonds is 7. The van der Waals surface area contributed by atoms with Gasteiger partial charge in [0, 0.05) is 10.6 Å². The summed E-state index contributed by atoms with van der Waals surface area (Å²) in [6.07, 6.45) is 0. The van der Waals surface area contributed by atoms with Crippen molar-refractivity contribution < 1.29 is 19.1 Å². The smallest absolute Gasteiger partial charge is 0.340 e. The van der Waals surface area contributed by atoms with Crippen molar-refractivity contribution in [2.75, 3.05) is 19.5 Å². The summed E-state index contributed by atoms with van der Waals surface area (Å²) < 4.78 is 10.2. The highest BCUT2D eigenvalue weighted by molar-refractivity contribution is 8.00. The van der Waals surface area contributed by atoms with Crippen LogP contribution in [0.1, 0.15) is 39.0 Å². The van der Waals surface area contributed by atoms with Crippen LogP contribution in [0.25, 0.3) is 0 Å². The van der Waals surface area contributed by atoms with E-state index in [0.29, 0.717) is 29.1 Å². The molecule has 0 saturated carbocycles. The van der Waals surface area contributed by atoms with E-state index in [1.807, 2.05) is 24.3 Å². The molecule has 0 unspecified atom stereocenters. The zero-order valence-corrected chi connectivity index (χ0v) is 15.1. The number of benzene rings is 1. The van der Waals surface area contributed by atoms with Crippen LogP contribution in [0, 0.1) is 13.8 Å². The Labute approximate surface area is 145 Å². The molecule has 2 aromatic rings. The van der Waals surface area contributed by atoms with Crippen molar-refractivity contribution in [1.82, 2.24) is 4.98 Å². The molecule has 24 heavy (non-hydrogen) atoms. The third kappa shape index (κ3) is 4.00. The van der Waals surface area contributed by atoms with Crippen molar-refractivity contribution in [3.8, 4) is 5.75 Å². The lowest BCUT2D eigenvalue weighted by atomic mass is 10.1. The Morgan fingerprint density at radius 3 is 2.67 bits per heavy atom. The molecular weight excluding hydrogens is 326 g/mol. The summed E-state index contributed by atoms with van der Waals surface area (Å²) in [4.78, 5) is 28.5. The molecule has 0 bridgehead atoms. The van der Waals surface area contributed by atoms with E-state index in [2.05, 4.69) is 4.98 Å². The lowest BCUT2D eigenvalue weighted by molar-refractivity contribution is 0.0525. The number of hydrogen-bond donors (Lipinski definition) is 1. The van der Waals surface area contributed by atoms with Crippen LogP contribution in [0.15, 0.2) is 29.2 Å². The molecule has 128 valence electrons. The maximum absolute atomic E-state index is 12.5. The number of ether oxygens (including phenoxy) is 2. The number of esters is 1. The van der Waals surface area contributed by atoms with Gasteiger partial charge in [-0.15, -0.1) is 11.8 Å². The molecular formula is C18H21NO4S. The second-order valence-electron chi connectivity index (χ2n) is 5.24. The van der Waals surface area contributed by atoms with Gasteiger partial charge in [-0.1, -0.05) is 6.07 Å². The van der Waals surface area contributed by atoms with E-state index in [9.17, 15) is 9.59 Å². The van der Waals surface area contributed by atoms with Gasteiger partial charge in [-0.05, 0) is 44.5 Å². The Bertz CT molecular complexity index is 751. The second kappa shape index (κ2) is 8.06. The van der Waals surface area contributed by atoms with Crippen LogP contribution in [0.3, 0.4) is 0 Å². The number of aryl methyl sites for hydroxylation is 1. The van der Waals surface area contributed by atoms with E-state index in [1.54, 1.807) is 27.9 Å². The van der Waals surface area contributed by atoms with Gasteiger partial charge in [0.05, 0.1) is 30.7 Å². The van der Waals surface area contributed by atoms with E-state index in [4.69, 9.17) is 9.47 Å². The number of methoxy groups -OCH3 is 1. The minimum atomic E-state index is -0.400. The van der Waals surface area contributed by atoms with Crippen molar-refractivity contribution in [2.45, 2.75) is 25.7 Å². The molecule has 0 fully saturated rings. The Kier molecular flexibility index (Phi) is 6.09. The zero-order valence-electron chi connectivity index (χ0n) is 14.3. The highest BCUT2D eigenvalue weighted by atomic mass is 32.2. The Morgan fingerprint density at radius 1 is 1.25 bits per heavy atom. The first kappa shape index (κ1) is 18.1. The number of aromatic nitrogens is 1. The molecule has 6 heteroatoms. The Balaban J connectivity index is 2.12. The summed E-state index contributed by atoms with van der Waals surface area (Å²) in [5.41, 5.74) is 2.21. The number of carbonyl (C=O) groups is 2. The van der Waals surface area contributed by atoms with Gasteiger partial charge in [-0.25, -0.2) is 4.79 Å². The third-order valence-corrected chi connectivity index (χ3v) is 4.60. The first-order valence-corrected chi connectivity index (χ1v) is 8.62. The van der Waals surface area contributed by atoms with E-state index in [1.165, 1.54) is 11.8 Å². The van der Waals surface area contributed by atoms with Crippen molar-refractivity contribution in [3.05, 3.63) is 46.8 Å². The number of nitrogens with one attached hydrogen (secondary N) is 1. The van der Waals surface area contributed by atoms with Gasteiger partial charge >= 0.3 is 5.97 Å². The van der Waals surface area contributed by atoms with Gasteiger partial charge in [0.2, 0.25) is 0 Å². The Morgan fingerprint density at radius 2 is 2.00 bits per heavy atom. The fourth-order valence-electron chi connectivity index (χ4n) is 2.45. The van der Waals surface area contributed by atoms with Crippen molar-refractivity contribution in [3.63, 3.8) is 0 Å². The average molecular weight is 347 g/mol. The molecule has 0 amide bonds. The minimum absolute atomic E-state index is 0.0565. The van der Waals surface area contributed by atoms with Crippen LogP contribution in [-0.2, 0) is 4.74 Å². The largest absolute Gasteiger partial charge is 0.497 e. The molecule has 0 saturated heterocycles. The third-order valence-electron chi connectivity index (χ3n) is 3.61. The summed E-state index contributed by atoms with van der Waals surface area (Å²) in [6, 6.07) is 7.55. The van der Waals surface area contributed by atoms with E-state index < -0.39 is 5.97 Å². The molecule has 0 spiro atoms. The van der Waals surface area contributed by atoms with Gasteiger partial charge in [-0.2, -0.15) is 0 Å². The minimum Gasteiger partial charge on any atom is -0.497 e. The predicted molar refractivity (Wildman–Crippen MR) is 94.3 cm³/mol. The molecule has 0 aliphatic carbocycles. The predicted octanol–water partition coefficient (Wildman–Crippen LogP) is 3.79. The quantitative estimate of drug-likeness (QED) is 0.469. The molecule has 1 N–H and O–H groups in total. The van der Waals surface area contributed by atoms with Crippen LogP contribution in [0.4, 0.5) is 0 Å². The molecule has 0 aliphatic heterocycles. The molecule has 1 heterocycles. The van der Waals surface area contributed by atoms with Gasteiger partial charge in [-0.3, -0.25) is 4.79 Å². The summed E-state index contributed by atoms with van der Waals surface area (Å²) in [7, 11) is 1.61. The molecule has 5 nitrogen and oxygen atoms in total. The summed E-state index contributed by atoms with van der Waals surface area (Å²) in [6.45, 7) is 5.59. The number of ketones is 1. The van der Waals surface area contributed by atoms with Crippen molar-refractivity contribution in [1.29, 1.82) is 0 Å². The van der Waals surface area contributed by atoms with Gasteiger partial charge in [0.15, 0.2) is 5.78 Å². The standard InChI is InChI=1S/C18H21NO4S/c1-5-23-18(21)16-11(2)17(19-12(16)3)15(20)10-24-14-8-6-7-13(9-14)22-4/h6-9,19H,5,10H2,1-4H3. The number of aromatic amines is 1. The van der Waals surface area contributed by atoms with E-state index in [0.717, 1.165) is 10.6 Å². The van der Waals surface area contributed by atoms with Crippen LogP contribution < -0.4 is 4.74 Å². The van der Waals surface area contributed by atoms with Crippen LogP contribution in [0.2, 0.25) is 0 Å². The lowest BCUT2D eigenvalue weighted by Gasteiger charge is -2.04. The summed E-state index contributed by atoms with van der Waals surface area (Å²) >= 11 is 1.43. The Hall–Kier alpha value is -2.21. The molecule has 0 atom stereocenters. The van der Waals surface area contributed by atoms with Crippen LogP contribution in [0.5, 0.6) is 5.75 Å². The molecule has 0 radical (unpaired) electrons. The summed E-state index contributed by atoms with van der Waals surface area (Å²) in [5, 5.41) is 0. The SMILES string of the molecule is CCOC(=O)c1c(C)[nH]c(C(=O)CSc2cccc(OC)c2)c1C. The maximum atomic E-state index is 12.5. The molecule has 0 aliphatic rings. The molecule has 2 rings (SSSR count). The van der Waals surface area contributed by atoms with E-state index >= 15 is 0 Å². The number of hydrogen-bond acceptors (Lipinski definition) is 5. The number of Topliss-reactive ketones (excluding diaryl/α,β-unsaturated/α-hetero) is 1. The molecule has 1 aromatic carbocycles. The summed E-state index contributed by atoms with van der Waals surface area (Å²) in [5.74, 6) is 0.571. The van der Waals surface area contributed by atoms with Gasteiger partial charge in [0.1, 0.15) is 5.75 Å². The topological polar surface area (TPSA) is 68.4 Å². The average Bonchev–Trinajstić information content (AvgIpc) is 2.87. The van der Waals surface area contributed by atoms with Gasteiger partial charge in [0.25, 0.3) is 0 Å². The van der Waals surface area contributed by atoms with E-state index in [-0.39, 0.29) is 11.5 Å². The lowest BCUT2D eigenvalue weighted by Crippen LogP contribution is -2.08. The highest BCUT2D eigenvalue weighted by Crippen LogP contribution is 2.25. The fourth-order valence-corrected chi connectivity index (χ4v) is 3.27. The van der Waals surface area contributed by atoms with Crippen LogP contribution >= 0.6 is 11.8 Å². The van der Waals surface area contributed by atoms with Crippen molar-refractivity contribution >= 4 is 23.5 Å². The van der Waals surface area contributed by atoms with Crippen LogP contribution in [-0.4, -0.2) is 36.2 Å². The molecule has 1 aromatic heterocycles. The van der Waals surface area contributed by atoms with Gasteiger partial charge < -0.3 is 14.5 Å². The number of thioether (sulfide) groups is 1. The van der Waals surface area contributed by atoms with Crippen molar-refractivity contribution in [2.24, 2.45) is 0 Å². The normalized spacial score (nSPS) is 10.5. The number of carbonyl (C=O) groups excluding carboxylic acids is 2. The first-order valence-electron chi connectivity index (χ1n) is 7.64. The maximum Gasteiger partial charge on any atom is 0.340 e. The monoisotopic (exact) mass is 347 g/mol. The number of H-pyrrole nitrogens is 1. The zero-order chi connectivity index (χ0) is 17.7. The second-order valence-corrected chi connectivity index (χ2v) is 6.29.